The van der Waals surface area contributed by atoms with Crippen molar-refractivity contribution in [2.45, 2.75) is 0 Å². The Morgan fingerprint density at radius 2 is 0.938 bits per heavy atom. The van der Waals surface area contributed by atoms with Gasteiger partial charge in [0.1, 0.15) is 0 Å². The molecule has 16 heavy (non-hydrogen) atoms. The Balaban J connectivity index is -0.000000162. The molecule has 0 atom stereocenters. The number of rotatable bonds is 3. The van der Waals surface area contributed by atoms with E-state index in [1.165, 1.54) is 0 Å². The average molecular weight is 288 g/mol. The molecule has 0 aromatic rings. The van der Waals surface area contributed by atoms with E-state index >= 15 is 0 Å². The van der Waals surface area contributed by atoms with Crippen molar-refractivity contribution >= 4 is 20.8 Å². The SMILES string of the molecule is NCCN.O=S(=O)(O)OO.O=S(=O)(O)OO. The predicted octanol–water partition coefficient (Wildman–Crippen LogP) is -2.54. The van der Waals surface area contributed by atoms with Crippen LogP contribution in [0.5, 0.6) is 0 Å². The van der Waals surface area contributed by atoms with Gasteiger partial charge in [0.05, 0.1) is 0 Å². The quantitative estimate of drug-likeness (QED) is 0.179. The number of hydrogen-bond donors (Lipinski definition) is 6. The zero-order valence-corrected chi connectivity index (χ0v) is 9.26. The highest BCUT2D eigenvalue weighted by molar-refractivity contribution is 7.81. The Morgan fingerprint density at radius 1 is 0.812 bits per heavy atom. The van der Waals surface area contributed by atoms with E-state index in [2.05, 4.69) is 8.67 Å². The molecule has 102 valence electrons. The van der Waals surface area contributed by atoms with E-state index in [0.29, 0.717) is 13.1 Å². The maximum Gasteiger partial charge on any atom is 0.423 e. The molecule has 0 spiro atoms. The largest absolute Gasteiger partial charge is 0.423 e. The van der Waals surface area contributed by atoms with Crippen LogP contribution in [-0.4, -0.2) is 49.5 Å². The first-order valence-corrected chi connectivity index (χ1v) is 5.78. The monoisotopic (exact) mass is 288 g/mol. The zero-order chi connectivity index (χ0) is 13.8. The highest BCUT2D eigenvalue weighted by atomic mass is 32.3. The number of nitrogens with two attached hydrogens (primary N) is 2. The molecule has 0 amide bonds. The predicted molar refractivity (Wildman–Crippen MR) is 48.6 cm³/mol. The Hall–Kier alpha value is -0.420. The Bertz CT molecular complexity index is 285. The molecule has 14 heteroatoms. The Labute approximate surface area is 91.1 Å². The topological polar surface area (TPSA) is 220 Å². The molecule has 0 saturated heterocycles. The first kappa shape index (κ1) is 20.9. The molecule has 12 nitrogen and oxygen atoms in total. The summed E-state index contributed by atoms with van der Waals surface area (Å²) in [5.41, 5.74) is 9.81. The van der Waals surface area contributed by atoms with E-state index in [-0.39, 0.29) is 0 Å². The Morgan fingerprint density at radius 3 is 0.938 bits per heavy atom. The van der Waals surface area contributed by atoms with E-state index in [1.807, 2.05) is 0 Å². The van der Waals surface area contributed by atoms with Crippen LogP contribution in [0.25, 0.3) is 0 Å². The number of hydrogen-bond acceptors (Lipinski definition) is 10. The summed E-state index contributed by atoms with van der Waals surface area (Å²) >= 11 is 0. The summed E-state index contributed by atoms with van der Waals surface area (Å²) in [5.74, 6) is 0. The summed E-state index contributed by atoms with van der Waals surface area (Å²) in [6.45, 7) is 1.19. The molecule has 0 fully saturated rings. The first-order valence-electron chi connectivity index (χ1n) is 3.05. The molecule has 0 aromatic carbocycles. The molecule has 0 aromatic heterocycles. The molecular weight excluding hydrogens is 276 g/mol. The van der Waals surface area contributed by atoms with Crippen LogP contribution in [-0.2, 0) is 29.5 Å². The molecular formula is C2H12N2O10S2. The third-order valence-corrected chi connectivity index (χ3v) is 0.732. The maximum atomic E-state index is 9.08. The van der Waals surface area contributed by atoms with Gasteiger partial charge in [-0.2, -0.15) is 16.8 Å². The smallest absolute Gasteiger partial charge is 0.329 e. The second-order valence-corrected chi connectivity index (χ2v) is 3.59. The van der Waals surface area contributed by atoms with Gasteiger partial charge in [0.2, 0.25) is 0 Å². The maximum absolute atomic E-state index is 9.08. The van der Waals surface area contributed by atoms with Crippen LogP contribution >= 0.6 is 0 Å². The van der Waals surface area contributed by atoms with Gasteiger partial charge in [0.25, 0.3) is 0 Å². The second kappa shape index (κ2) is 11.1. The van der Waals surface area contributed by atoms with E-state index in [9.17, 15) is 0 Å². The first-order chi connectivity index (χ1) is 7.04. The minimum absolute atomic E-state index is 0.597. The van der Waals surface area contributed by atoms with Gasteiger partial charge < -0.3 is 11.5 Å². The van der Waals surface area contributed by atoms with Crippen molar-refractivity contribution in [3.8, 4) is 0 Å². The summed E-state index contributed by atoms with van der Waals surface area (Å²) in [6.07, 6.45) is 0. The normalized spacial score (nSPS) is 10.6. The third kappa shape index (κ3) is 49.6. The zero-order valence-electron chi connectivity index (χ0n) is 7.62. The lowest BCUT2D eigenvalue weighted by molar-refractivity contribution is -0.139. The molecule has 0 aliphatic carbocycles. The molecule has 0 aliphatic rings. The van der Waals surface area contributed by atoms with Gasteiger partial charge in [-0.05, 0) is 0 Å². The van der Waals surface area contributed by atoms with Crippen LogP contribution < -0.4 is 11.5 Å². The fourth-order valence-corrected chi connectivity index (χ4v) is 0. The van der Waals surface area contributed by atoms with E-state index < -0.39 is 20.8 Å². The van der Waals surface area contributed by atoms with Crippen LogP contribution in [0.3, 0.4) is 0 Å². The third-order valence-electron chi connectivity index (χ3n) is 0.355. The summed E-state index contributed by atoms with van der Waals surface area (Å²) in [6, 6.07) is 0. The molecule has 0 heterocycles. The molecule has 0 bridgehead atoms. The lowest BCUT2D eigenvalue weighted by Crippen LogP contribution is -2.11. The molecule has 0 saturated carbocycles. The van der Waals surface area contributed by atoms with E-state index in [4.69, 9.17) is 47.9 Å². The van der Waals surface area contributed by atoms with Crippen molar-refractivity contribution < 1.29 is 45.1 Å². The van der Waals surface area contributed by atoms with Crippen molar-refractivity contribution in [1.82, 2.24) is 0 Å². The average Bonchev–Trinajstić information content (AvgIpc) is 2.17. The molecule has 0 radical (unpaired) electrons. The molecule has 0 aliphatic heterocycles. The fourth-order valence-electron chi connectivity index (χ4n) is 0. The van der Waals surface area contributed by atoms with Crippen LogP contribution in [0.2, 0.25) is 0 Å². The summed E-state index contributed by atoms with van der Waals surface area (Å²) in [7, 11) is -9.21. The van der Waals surface area contributed by atoms with Gasteiger partial charge in [0.15, 0.2) is 0 Å². The summed E-state index contributed by atoms with van der Waals surface area (Å²) in [5, 5.41) is 14.1. The van der Waals surface area contributed by atoms with Crippen molar-refractivity contribution in [2.75, 3.05) is 13.1 Å². The highest BCUT2D eigenvalue weighted by Crippen LogP contribution is 1.74. The highest BCUT2D eigenvalue weighted by Gasteiger charge is 1.97. The second-order valence-electron chi connectivity index (χ2n) is 1.58. The summed E-state index contributed by atoms with van der Waals surface area (Å²) < 4.78 is 55.9. The lowest BCUT2D eigenvalue weighted by Gasteiger charge is -1.79. The summed E-state index contributed by atoms with van der Waals surface area (Å²) in [4.78, 5) is 0. The van der Waals surface area contributed by atoms with Crippen molar-refractivity contribution in [3.63, 3.8) is 0 Å². The van der Waals surface area contributed by atoms with Crippen molar-refractivity contribution in [2.24, 2.45) is 11.5 Å². The van der Waals surface area contributed by atoms with Crippen LogP contribution in [0.15, 0.2) is 0 Å². The molecule has 8 N–H and O–H groups in total. The minimum Gasteiger partial charge on any atom is -0.329 e. The van der Waals surface area contributed by atoms with Crippen LogP contribution in [0.1, 0.15) is 0 Å². The molecule has 0 unspecified atom stereocenters. The van der Waals surface area contributed by atoms with Gasteiger partial charge in [-0.15, -0.1) is 0 Å². The van der Waals surface area contributed by atoms with Gasteiger partial charge >= 0.3 is 20.8 Å². The van der Waals surface area contributed by atoms with Crippen molar-refractivity contribution in [3.05, 3.63) is 0 Å². The Kier molecular flexibility index (Phi) is 14.5. The van der Waals surface area contributed by atoms with Gasteiger partial charge in [-0.1, -0.05) is 8.67 Å². The van der Waals surface area contributed by atoms with Gasteiger partial charge in [0, 0.05) is 13.1 Å². The van der Waals surface area contributed by atoms with E-state index in [0.717, 1.165) is 0 Å². The van der Waals surface area contributed by atoms with Crippen LogP contribution in [0.4, 0.5) is 0 Å². The van der Waals surface area contributed by atoms with Crippen molar-refractivity contribution in [1.29, 1.82) is 0 Å². The van der Waals surface area contributed by atoms with Gasteiger partial charge in [-0.25, -0.2) is 10.5 Å². The van der Waals surface area contributed by atoms with Gasteiger partial charge in [-0.3, -0.25) is 9.11 Å². The fraction of sp³-hybridized carbons (Fsp3) is 1.00. The lowest BCUT2D eigenvalue weighted by atomic mass is 10.7. The van der Waals surface area contributed by atoms with Crippen LogP contribution in [0, 0.1) is 0 Å². The standard InChI is InChI=1S/C2H8N2.2H2O5S/c3-1-2-4;2*1-5-6(2,3)4/h1-4H2;2*1H,(H,2,3,4). The molecule has 0 rings (SSSR count). The van der Waals surface area contributed by atoms with E-state index in [1.54, 1.807) is 0 Å². The minimum atomic E-state index is -4.61.